The maximum absolute atomic E-state index is 12.7. The number of carbonyl (C=O) groups excluding carboxylic acids is 1. The van der Waals surface area contributed by atoms with Crippen LogP contribution in [0.3, 0.4) is 0 Å². The number of rotatable bonds is 5. The Morgan fingerprint density at radius 2 is 2.12 bits per heavy atom. The first-order valence-corrected chi connectivity index (χ1v) is 8.55. The Morgan fingerprint density at radius 1 is 1.40 bits per heavy atom. The Hall–Kier alpha value is -2.05. The van der Waals surface area contributed by atoms with Gasteiger partial charge in [-0.2, -0.15) is 0 Å². The van der Waals surface area contributed by atoms with Crippen molar-refractivity contribution in [2.45, 2.75) is 38.8 Å². The van der Waals surface area contributed by atoms with Crippen LogP contribution in [0.1, 0.15) is 37.7 Å². The van der Waals surface area contributed by atoms with Crippen molar-refractivity contribution in [2.24, 2.45) is 5.41 Å². The van der Waals surface area contributed by atoms with Crippen LogP contribution in [0.4, 0.5) is 0 Å². The number of carboxylic acid groups (broad SMARTS) is 1. The molecular weight excluding hydrogens is 344 g/mol. The minimum atomic E-state index is -1.36. The first-order valence-electron chi connectivity index (χ1n) is 8.17. The highest BCUT2D eigenvalue weighted by Crippen LogP contribution is 2.51. The number of carboxylic acids is 1. The van der Waals surface area contributed by atoms with Crippen molar-refractivity contribution in [3.05, 3.63) is 35.0 Å². The predicted molar refractivity (Wildman–Crippen MR) is 95.0 cm³/mol. The van der Waals surface area contributed by atoms with Crippen molar-refractivity contribution in [3.8, 4) is 0 Å². The Bertz CT molecular complexity index is 845. The number of aliphatic carboxylic acids is 1. The zero-order valence-corrected chi connectivity index (χ0v) is 15.1. The van der Waals surface area contributed by atoms with Crippen LogP contribution in [0.2, 0.25) is 5.02 Å². The maximum Gasteiger partial charge on any atom is 0.330 e. The fourth-order valence-electron chi connectivity index (χ4n) is 3.52. The molecule has 1 fully saturated rings. The Labute approximate surface area is 150 Å². The Morgan fingerprint density at radius 3 is 2.72 bits per heavy atom. The van der Waals surface area contributed by atoms with Crippen LogP contribution in [-0.4, -0.2) is 40.2 Å². The van der Waals surface area contributed by atoms with Gasteiger partial charge in [0.1, 0.15) is 11.2 Å². The molecule has 134 valence electrons. The number of nitrogens with one attached hydrogen (secondary N) is 2. The summed E-state index contributed by atoms with van der Waals surface area (Å²) in [4.78, 5) is 27.6. The Kier molecular flexibility index (Phi) is 4.29. The first-order chi connectivity index (χ1) is 11.7. The third-order valence-corrected chi connectivity index (χ3v) is 5.52. The van der Waals surface area contributed by atoms with Crippen LogP contribution < -0.4 is 5.32 Å². The van der Waals surface area contributed by atoms with Gasteiger partial charge in [-0.25, -0.2) is 4.79 Å². The zero-order valence-electron chi connectivity index (χ0n) is 14.4. The second-order valence-electron chi connectivity index (χ2n) is 6.95. The van der Waals surface area contributed by atoms with Crippen LogP contribution >= 0.6 is 11.6 Å². The fraction of sp³-hybridized carbons (Fsp3) is 0.444. The molecule has 2 atom stereocenters. The van der Waals surface area contributed by atoms with Crippen LogP contribution in [0.25, 0.3) is 10.9 Å². The van der Waals surface area contributed by atoms with E-state index in [9.17, 15) is 14.7 Å². The van der Waals surface area contributed by atoms with E-state index in [-0.39, 0.29) is 12.5 Å². The number of hydrogen-bond donors (Lipinski definition) is 3. The molecule has 1 aromatic heterocycles. The van der Waals surface area contributed by atoms with Crippen LogP contribution in [0.15, 0.2) is 24.3 Å². The summed E-state index contributed by atoms with van der Waals surface area (Å²) in [5.41, 5.74) is -1.06. The van der Waals surface area contributed by atoms with Gasteiger partial charge in [0, 0.05) is 34.4 Å². The number of carbonyl (C=O) groups is 2. The van der Waals surface area contributed by atoms with E-state index in [0.29, 0.717) is 17.3 Å². The van der Waals surface area contributed by atoms with Crippen LogP contribution in [0.5, 0.6) is 0 Å². The van der Waals surface area contributed by atoms with E-state index < -0.39 is 22.8 Å². The van der Waals surface area contributed by atoms with E-state index >= 15 is 0 Å². The van der Waals surface area contributed by atoms with E-state index in [4.69, 9.17) is 16.3 Å². The third kappa shape index (κ3) is 2.69. The minimum Gasteiger partial charge on any atom is -0.479 e. The second-order valence-corrected chi connectivity index (χ2v) is 7.39. The second kappa shape index (κ2) is 6.04. The van der Waals surface area contributed by atoms with Crippen LogP contribution in [-0.2, 0) is 9.53 Å². The summed E-state index contributed by atoms with van der Waals surface area (Å²) in [6, 6.07) is 6.94. The number of fused-ring (bicyclic) bond motifs is 1. The van der Waals surface area contributed by atoms with Crippen molar-refractivity contribution < 1.29 is 19.4 Å². The number of amides is 1. The first kappa shape index (κ1) is 17.8. The molecule has 3 rings (SSSR count). The summed E-state index contributed by atoms with van der Waals surface area (Å²) < 4.78 is 5.61. The molecule has 0 saturated heterocycles. The fourth-order valence-corrected chi connectivity index (χ4v) is 3.69. The van der Waals surface area contributed by atoms with Crippen LogP contribution in [0, 0.1) is 5.41 Å². The highest BCUT2D eigenvalue weighted by Gasteiger charge is 2.66. The molecule has 2 unspecified atom stereocenters. The van der Waals surface area contributed by atoms with Gasteiger partial charge in [0.2, 0.25) is 0 Å². The van der Waals surface area contributed by atoms with E-state index in [1.807, 2.05) is 6.92 Å². The molecule has 1 heterocycles. The summed E-state index contributed by atoms with van der Waals surface area (Å²) in [5.74, 6) is -1.52. The van der Waals surface area contributed by atoms with Gasteiger partial charge in [-0.15, -0.1) is 0 Å². The molecule has 1 saturated carbocycles. The molecule has 2 aromatic rings. The Balaban J connectivity index is 1.87. The summed E-state index contributed by atoms with van der Waals surface area (Å²) in [6.45, 7) is 5.97. The largest absolute Gasteiger partial charge is 0.479 e. The lowest BCUT2D eigenvalue weighted by atomic mass is 9.54. The molecular formula is C18H21ClN2O4. The standard InChI is InChI=1S/C18H21ClN2O4/c1-4-25-14-9-18(16(23)24,17(14,2)3)21-15(22)13-7-10-5-6-11(19)8-12(10)20-13/h5-8,14,20H,4,9H2,1-3H3,(H,21,22)(H,23,24). The van der Waals surface area contributed by atoms with Crippen molar-refractivity contribution in [3.63, 3.8) is 0 Å². The van der Waals surface area contributed by atoms with Crippen molar-refractivity contribution in [1.82, 2.24) is 10.3 Å². The normalized spacial score (nSPS) is 24.7. The topological polar surface area (TPSA) is 91.4 Å². The quantitative estimate of drug-likeness (QED) is 0.759. The molecule has 3 N–H and O–H groups in total. The molecule has 0 spiro atoms. The summed E-state index contributed by atoms with van der Waals surface area (Å²) in [5, 5.41) is 13.9. The van der Waals surface area contributed by atoms with E-state index in [1.54, 1.807) is 38.1 Å². The summed E-state index contributed by atoms with van der Waals surface area (Å²) in [6.07, 6.45) is 0.0245. The highest BCUT2D eigenvalue weighted by molar-refractivity contribution is 6.31. The van der Waals surface area contributed by atoms with E-state index in [2.05, 4.69) is 10.3 Å². The predicted octanol–water partition coefficient (Wildman–Crippen LogP) is 3.21. The molecule has 25 heavy (non-hydrogen) atoms. The third-order valence-electron chi connectivity index (χ3n) is 5.29. The molecule has 0 bridgehead atoms. The summed E-state index contributed by atoms with van der Waals surface area (Å²) >= 11 is 5.96. The van der Waals surface area contributed by atoms with E-state index in [0.717, 1.165) is 10.9 Å². The molecule has 1 aromatic carbocycles. The van der Waals surface area contributed by atoms with Crippen molar-refractivity contribution >= 4 is 34.4 Å². The van der Waals surface area contributed by atoms with Gasteiger partial charge < -0.3 is 20.1 Å². The number of aromatic amines is 1. The number of halogens is 1. The number of aromatic nitrogens is 1. The van der Waals surface area contributed by atoms with Gasteiger partial charge in [0.05, 0.1) is 6.10 Å². The smallest absolute Gasteiger partial charge is 0.330 e. The van der Waals surface area contributed by atoms with Gasteiger partial charge in [-0.05, 0) is 25.1 Å². The lowest BCUT2D eigenvalue weighted by molar-refractivity contribution is -0.190. The van der Waals surface area contributed by atoms with Gasteiger partial charge >= 0.3 is 5.97 Å². The number of H-pyrrole nitrogens is 1. The maximum atomic E-state index is 12.7. The van der Waals surface area contributed by atoms with Gasteiger partial charge in [-0.3, -0.25) is 4.79 Å². The summed E-state index contributed by atoms with van der Waals surface area (Å²) in [7, 11) is 0. The molecule has 6 nitrogen and oxygen atoms in total. The molecule has 1 amide bonds. The van der Waals surface area contributed by atoms with E-state index in [1.165, 1.54) is 0 Å². The molecule has 0 aliphatic heterocycles. The van der Waals surface area contributed by atoms with Gasteiger partial charge in [0.15, 0.2) is 0 Å². The van der Waals surface area contributed by atoms with Gasteiger partial charge in [-0.1, -0.05) is 31.5 Å². The lowest BCUT2D eigenvalue weighted by Crippen LogP contribution is -2.76. The zero-order chi connectivity index (χ0) is 18.4. The lowest BCUT2D eigenvalue weighted by Gasteiger charge is -2.58. The van der Waals surface area contributed by atoms with Crippen molar-refractivity contribution in [1.29, 1.82) is 0 Å². The average molecular weight is 365 g/mol. The molecule has 0 radical (unpaired) electrons. The highest BCUT2D eigenvalue weighted by atomic mass is 35.5. The average Bonchev–Trinajstić information content (AvgIpc) is 2.96. The SMILES string of the molecule is CCOC1CC(NC(=O)c2cc3ccc(Cl)cc3[nH]2)(C(=O)O)C1(C)C. The minimum absolute atomic E-state index is 0.213. The molecule has 7 heteroatoms. The molecule has 1 aliphatic rings. The number of ether oxygens (including phenoxy) is 1. The van der Waals surface area contributed by atoms with Gasteiger partial charge in [0.25, 0.3) is 5.91 Å². The number of hydrogen-bond acceptors (Lipinski definition) is 3. The molecule has 1 aliphatic carbocycles. The monoisotopic (exact) mass is 364 g/mol. The number of benzene rings is 1. The van der Waals surface area contributed by atoms with Crippen molar-refractivity contribution in [2.75, 3.05) is 6.61 Å².